The standard InChI is InChI=1S/C16H29N5O/c1-12(2)14-19-15(13(17)16(20-14)22-3)18-8-4-5-9-21-10-6-7-11-21/h12H,4-11,17H2,1-3H3,(H,18,19,20). The summed E-state index contributed by atoms with van der Waals surface area (Å²) in [6.07, 6.45) is 5.02. The lowest BCUT2D eigenvalue weighted by Crippen LogP contribution is -2.21. The lowest BCUT2D eigenvalue weighted by molar-refractivity contribution is 0.331. The molecular formula is C16H29N5O. The minimum Gasteiger partial charge on any atom is -0.479 e. The predicted octanol–water partition coefficient (Wildman–Crippen LogP) is 2.48. The first-order valence-electron chi connectivity index (χ1n) is 8.29. The van der Waals surface area contributed by atoms with E-state index in [0.29, 0.717) is 17.4 Å². The third-order valence-electron chi connectivity index (χ3n) is 4.03. The number of hydrogen-bond acceptors (Lipinski definition) is 6. The molecule has 0 unspecified atom stereocenters. The van der Waals surface area contributed by atoms with Crippen LogP contribution in [0.25, 0.3) is 0 Å². The summed E-state index contributed by atoms with van der Waals surface area (Å²) in [5.41, 5.74) is 6.55. The SMILES string of the molecule is COc1nc(C(C)C)nc(NCCCCN2CCCC2)c1N. The first kappa shape index (κ1) is 16.8. The van der Waals surface area contributed by atoms with Crippen molar-refractivity contribution >= 4 is 11.5 Å². The fourth-order valence-corrected chi connectivity index (χ4v) is 2.69. The largest absolute Gasteiger partial charge is 0.479 e. The van der Waals surface area contributed by atoms with Crippen molar-refractivity contribution in [1.29, 1.82) is 0 Å². The van der Waals surface area contributed by atoms with Crippen molar-refractivity contribution in [3.05, 3.63) is 5.82 Å². The van der Waals surface area contributed by atoms with Gasteiger partial charge in [0.05, 0.1) is 7.11 Å². The Bertz CT molecular complexity index is 472. The van der Waals surface area contributed by atoms with Gasteiger partial charge in [-0.2, -0.15) is 4.98 Å². The molecule has 3 N–H and O–H groups in total. The zero-order valence-electron chi connectivity index (χ0n) is 14.1. The Hall–Kier alpha value is -1.56. The molecule has 0 radical (unpaired) electrons. The van der Waals surface area contributed by atoms with Crippen molar-refractivity contribution in [2.24, 2.45) is 0 Å². The molecule has 0 amide bonds. The van der Waals surface area contributed by atoms with Crippen molar-refractivity contribution in [3.63, 3.8) is 0 Å². The summed E-state index contributed by atoms with van der Waals surface area (Å²) in [5.74, 6) is 2.14. The van der Waals surface area contributed by atoms with Gasteiger partial charge in [0.2, 0.25) is 5.88 Å². The van der Waals surface area contributed by atoms with Gasteiger partial charge in [0, 0.05) is 12.5 Å². The highest BCUT2D eigenvalue weighted by molar-refractivity contribution is 5.66. The number of ether oxygens (including phenoxy) is 1. The van der Waals surface area contributed by atoms with Gasteiger partial charge >= 0.3 is 0 Å². The molecule has 6 nitrogen and oxygen atoms in total. The van der Waals surface area contributed by atoms with Crippen LogP contribution in [0.1, 0.15) is 51.3 Å². The monoisotopic (exact) mass is 307 g/mol. The zero-order valence-corrected chi connectivity index (χ0v) is 14.1. The van der Waals surface area contributed by atoms with Crippen molar-refractivity contribution in [3.8, 4) is 5.88 Å². The zero-order chi connectivity index (χ0) is 15.9. The van der Waals surface area contributed by atoms with Crippen LogP contribution in [0.3, 0.4) is 0 Å². The van der Waals surface area contributed by atoms with Gasteiger partial charge < -0.3 is 20.7 Å². The maximum absolute atomic E-state index is 6.06. The normalized spacial score (nSPS) is 15.5. The van der Waals surface area contributed by atoms with E-state index < -0.39 is 0 Å². The summed E-state index contributed by atoms with van der Waals surface area (Å²) in [4.78, 5) is 11.4. The smallest absolute Gasteiger partial charge is 0.242 e. The molecule has 1 aliphatic heterocycles. The van der Waals surface area contributed by atoms with Crippen LogP contribution in [0.4, 0.5) is 11.5 Å². The second kappa shape index (κ2) is 8.17. The summed E-state index contributed by atoms with van der Waals surface area (Å²) >= 11 is 0. The van der Waals surface area contributed by atoms with Gasteiger partial charge in [0.15, 0.2) is 5.82 Å². The third kappa shape index (κ3) is 4.47. The number of anilines is 2. The minimum atomic E-state index is 0.241. The van der Waals surface area contributed by atoms with Gasteiger partial charge in [-0.15, -0.1) is 0 Å². The van der Waals surface area contributed by atoms with Gasteiger partial charge in [0.25, 0.3) is 0 Å². The second-order valence-corrected chi connectivity index (χ2v) is 6.19. The molecule has 1 aromatic heterocycles. The first-order chi connectivity index (χ1) is 10.6. The van der Waals surface area contributed by atoms with Crippen LogP contribution in [0.5, 0.6) is 5.88 Å². The molecule has 0 spiro atoms. The van der Waals surface area contributed by atoms with E-state index in [1.54, 1.807) is 7.11 Å². The highest BCUT2D eigenvalue weighted by Gasteiger charge is 2.14. The molecule has 6 heteroatoms. The Morgan fingerprint density at radius 3 is 2.59 bits per heavy atom. The molecule has 1 aromatic rings. The second-order valence-electron chi connectivity index (χ2n) is 6.19. The fraction of sp³-hybridized carbons (Fsp3) is 0.750. The van der Waals surface area contributed by atoms with Crippen molar-refractivity contribution in [2.75, 3.05) is 44.3 Å². The van der Waals surface area contributed by atoms with Crippen LogP contribution in [0, 0.1) is 0 Å². The molecule has 1 aliphatic rings. The molecule has 22 heavy (non-hydrogen) atoms. The van der Waals surface area contributed by atoms with Gasteiger partial charge in [-0.1, -0.05) is 13.8 Å². The van der Waals surface area contributed by atoms with E-state index in [1.165, 1.54) is 38.9 Å². The van der Waals surface area contributed by atoms with Gasteiger partial charge in [-0.05, 0) is 45.3 Å². The highest BCUT2D eigenvalue weighted by Crippen LogP contribution is 2.27. The molecule has 0 aromatic carbocycles. The highest BCUT2D eigenvalue weighted by atomic mass is 16.5. The molecule has 2 heterocycles. The number of nitrogens with one attached hydrogen (secondary N) is 1. The molecule has 1 saturated heterocycles. The molecule has 2 rings (SSSR count). The van der Waals surface area contributed by atoms with E-state index in [2.05, 4.69) is 34.0 Å². The van der Waals surface area contributed by atoms with Gasteiger partial charge in [-0.3, -0.25) is 0 Å². The Balaban J connectivity index is 1.84. The summed E-state index contributed by atoms with van der Waals surface area (Å²) in [6, 6.07) is 0. The first-order valence-corrected chi connectivity index (χ1v) is 8.29. The van der Waals surface area contributed by atoms with Crippen LogP contribution >= 0.6 is 0 Å². The number of nitrogens with two attached hydrogens (primary N) is 1. The average Bonchev–Trinajstić information content (AvgIpc) is 3.01. The maximum Gasteiger partial charge on any atom is 0.242 e. The number of unbranched alkanes of at least 4 members (excludes halogenated alkanes) is 1. The lowest BCUT2D eigenvalue weighted by atomic mass is 10.2. The summed E-state index contributed by atoms with van der Waals surface area (Å²) < 4.78 is 5.25. The number of methoxy groups -OCH3 is 1. The number of nitrogens with zero attached hydrogens (tertiary/aromatic N) is 3. The van der Waals surface area contributed by atoms with E-state index in [-0.39, 0.29) is 5.92 Å². The molecule has 0 bridgehead atoms. The number of rotatable bonds is 8. The number of nitrogen functional groups attached to an aromatic ring is 1. The number of hydrogen-bond donors (Lipinski definition) is 2. The summed E-state index contributed by atoms with van der Waals surface area (Å²) in [7, 11) is 1.59. The van der Waals surface area contributed by atoms with E-state index >= 15 is 0 Å². The third-order valence-corrected chi connectivity index (χ3v) is 4.03. The molecule has 124 valence electrons. The van der Waals surface area contributed by atoms with E-state index in [9.17, 15) is 0 Å². The van der Waals surface area contributed by atoms with E-state index in [4.69, 9.17) is 10.5 Å². The van der Waals surface area contributed by atoms with Crippen LogP contribution < -0.4 is 15.8 Å². The molecule has 0 saturated carbocycles. The topological polar surface area (TPSA) is 76.3 Å². The quantitative estimate of drug-likeness (QED) is 0.719. The predicted molar refractivity (Wildman–Crippen MR) is 90.5 cm³/mol. The van der Waals surface area contributed by atoms with Gasteiger partial charge in [-0.25, -0.2) is 4.98 Å². The minimum absolute atomic E-state index is 0.241. The summed E-state index contributed by atoms with van der Waals surface area (Å²) in [5, 5.41) is 3.33. The average molecular weight is 307 g/mol. The van der Waals surface area contributed by atoms with Crippen molar-refractivity contribution < 1.29 is 4.74 Å². The van der Waals surface area contributed by atoms with Crippen LogP contribution in [0.2, 0.25) is 0 Å². The number of likely N-dealkylation sites (tertiary alicyclic amines) is 1. The van der Waals surface area contributed by atoms with Crippen LogP contribution in [0.15, 0.2) is 0 Å². The lowest BCUT2D eigenvalue weighted by Gasteiger charge is -2.16. The molecule has 0 atom stereocenters. The Morgan fingerprint density at radius 1 is 1.23 bits per heavy atom. The van der Waals surface area contributed by atoms with E-state index in [1.807, 2.05) is 0 Å². The Kier molecular flexibility index (Phi) is 6.24. The molecular weight excluding hydrogens is 278 g/mol. The Morgan fingerprint density at radius 2 is 1.95 bits per heavy atom. The summed E-state index contributed by atoms with van der Waals surface area (Å²) in [6.45, 7) is 8.72. The maximum atomic E-state index is 6.06. The van der Waals surface area contributed by atoms with Gasteiger partial charge in [0.1, 0.15) is 11.5 Å². The van der Waals surface area contributed by atoms with Crippen molar-refractivity contribution in [1.82, 2.24) is 14.9 Å². The van der Waals surface area contributed by atoms with Crippen LogP contribution in [-0.2, 0) is 0 Å². The molecule has 1 fully saturated rings. The Labute approximate surface area is 133 Å². The number of aromatic nitrogens is 2. The van der Waals surface area contributed by atoms with Crippen LogP contribution in [-0.4, -0.2) is 48.2 Å². The van der Waals surface area contributed by atoms with Crippen molar-refractivity contribution in [2.45, 2.75) is 45.4 Å². The van der Waals surface area contributed by atoms with E-state index in [0.717, 1.165) is 18.8 Å². The fourth-order valence-electron chi connectivity index (χ4n) is 2.69. The molecule has 0 aliphatic carbocycles.